The third-order valence-corrected chi connectivity index (χ3v) is 3.50. The Bertz CT molecular complexity index is 995. The average Bonchev–Trinajstić information content (AvgIpc) is 2.49. The maximum atomic E-state index is 12.5. The van der Waals surface area contributed by atoms with Crippen molar-refractivity contribution in [3.8, 4) is 11.8 Å². The SMILES string of the molecule is N#Cc1ccc(-n2c(=O)oc3ccc(Br)cc3c2=O)cc1. The molecule has 3 aromatic rings. The van der Waals surface area contributed by atoms with E-state index in [0.717, 1.165) is 4.57 Å². The summed E-state index contributed by atoms with van der Waals surface area (Å²) in [5.41, 5.74) is 0.569. The highest BCUT2D eigenvalue weighted by Crippen LogP contribution is 2.16. The molecule has 0 N–H and O–H groups in total. The number of hydrogen-bond acceptors (Lipinski definition) is 4. The van der Waals surface area contributed by atoms with Crippen LogP contribution in [0.1, 0.15) is 5.56 Å². The molecular weight excluding hydrogens is 336 g/mol. The zero-order valence-corrected chi connectivity index (χ0v) is 12.1. The molecular formula is C15H7BrN2O3. The minimum atomic E-state index is -0.764. The highest BCUT2D eigenvalue weighted by molar-refractivity contribution is 9.10. The first-order chi connectivity index (χ1) is 10.1. The predicted molar refractivity (Wildman–Crippen MR) is 80.5 cm³/mol. The van der Waals surface area contributed by atoms with E-state index >= 15 is 0 Å². The van der Waals surface area contributed by atoms with Crippen LogP contribution in [0.25, 0.3) is 16.7 Å². The Balaban J connectivity index is 2.34. The molecule has 0 atom stereocenters. The van der Waals surface area contributed by atoms with Crippen LogP contribution in [0.3, 0.4) is 0 Å². The number of benzene rings is 2. The largest absolute Gasteiger partial charge is 0.426 e. The fourth-order valence-electron chi connectivity index (χ4n) is 2.01. The predicted octanol–water partition coefficient (Wildman–Crippen LogP) is 2.58. The second kappa shape index (κ2) is 5.04. The highest BCUT2D eigenvalue weighted by atomic mass is 79.9. The topological polar surface area (TPSA) is 76.0 Å². The summed E-state index contributed by atoms with van der Waals surface area (Å²) >= 11 is 3.28. The summed E-state index contributed by atoms with van der Waals surface area (Å²) in [7, 11) is 0. The van der Waals surface area contributed by atoms with E-state index in [-0.39, 0.29) is 5.58 Å². The van der Waals surface area contributed by atoms with Crippen LogP contribution in [-0.2, 0) is 0 Å². The maximum absolute atomic E-state index is 12.5. The molecule has 0 aliphatic carbocycles. The first-order valence-electron chi connectivity index (χ1n) is 5.96. The number of nitriles is 1. The van der Waals surface area contributed by atoms with Gasteiger partial charge in [0.2, 0.25) is 0 Å². The molecule has 0 amide bonds. The summed E-state index contributed by atoms with van der Waals surface area (Å²) in [6.45, 7) is 0. The zero-order valence-electron chi connectivity index (χ0n) is 10.5. The maximum Gasteiger partial charge on any atom is 0.426 e. The van der Waals surface area contributed by atoms with Crippen molar-refractivity contribution >= 4 is 26.9 Å². The molecule has 0 radical (unpaired) electrons. The third kappa shape index (κ3) is 2.28. The van der Waals surface area contributed by atoms with Crippen molar-refractivity contribution in [1.82, 2.24) is 4.57 Å². The number of rotatable bonds is 1. The van der Waals surface area contributed by atoms with Crippen LogP contribution in [0.4, 0.5) is 0 Å². The minimum Gasteiger partial charge on any atom is -0.409 e. The van der Waals surface area contributed by atoms with Crippen molar-refractivity contribution in [2.75, 3.05) is 0 Å². The van der Waals surface area contributed by atoms with E-state index in [2.05, 4.69) is 15.9 Å². The molecule has 0 aliphatic rings. The lowest BCUT2D eigenvalue weighted by Crippen LogP contribution is -2.30. The van der Waals surface area contributed by atoms with E-state index in [9.17, 15) is 9.59 Å². The number of hydrogen-bond donors (Lipinski definition) is 0. The normalized spacial score (nSPS) is 10.5. The molecule has 1 heterocycles. The number of nitrogens with zero attached hydrogens (tertiary/aromatic N) is 2. The fourth-order valence-corrected chi connectivity index (χ4v) is 2.37. The van der Waals surface area contributed by atoms with Crippen LogP contribution in [0.5, 0.6) is 0 Å². The second-order valence-electron chi connectivity index (χ2n) is 4.31. The number of halogens is 1. The molecule has 102 valence electrons. The van der Waals surface area contributed by atoms with Crippen LogP contribution in [0.15, 0.2) is 60.9 Å². The molecule has 3 rings (SSSR count). The van der Waals surface area contributed by atoms with Gasteiger partial charge in [-0.15, -0.1) is 0 Å². The molecule has 21 heavy (non-hydrogen) atoms. The average molecular weight is 343 g/mol. The van der Waals surface area contributed by atoms with Gasteiger partial charge < -0.3 is 4.42 Å². The Kier molecular flexibility index (Phi) is 3.20. The second-order valence-corrected chi connectivity index (χ2v) is 5.22. The van der Waals surface area contributed by atoms with Gasteiger partial charge in [0.25, 0.3) is 5.56 Å². The van der Waals surface area contributed by atoms with E-state index in [1.54, 1.807) is 18.2 Å². The van der Waals surface area contributed by atoms with Crippen molar-refractivity contribution in [2.24, 2.45) is 0 Å². The molecule has 0 bridgehead atoms. The van der Waals surface area contributed by atoms with Crippen molar-refractivity contribution < 1.29 is 4.42 Å². The Morgan fingerprint density at radius 2 is 1.81 bits per heavy atom. The molecule has 2 aromatic carbocycles. The van der Waals surface area contributed by atoms with Gasteiger partial charge >= 0.3 is 5.76 Å². The molecule has 0 fully saturated rings. The van der Waals surface area contributed by atoms with Crippen molar-refractivity contribution in [1.29, 1.82) is 5.26 Å². The van der Waals surface area contributed by atoms with Crippen molar-refractivity contribution in [3.63, 3.8) is 0 Å². The van der Waals surface area contributed by atoms with Gasteiger partial charge in [-0.3, -0.25) is 4.79 Å². The first kappa shape index (κ1) is 13.3. The fraction of sp³-hybridized carbons (Fsp3) is 0. The number of fused-ring (bicyclic) bond motifs is 1. The van der Waals surface area contributed by atoms with Gasteiger partial charge in [-0.05, 0) is 42.5 Å². The van der Waals surface area contributed by atoms with E-state index in [1.807, 2.05) is 6.07 Å². The molecule has 0 saturated heterocycles. The summed E-state index contributed by atoms with van der Waals surface area (Å²) in [4.78, 5) is 24.5. The van der Waals surface area contributed by atoms with Crippen molar-refractivity contribution in [2.45, 2.75) is 0 Å². The smallest absolute Gasteiger partial charge is 0.409 e. The van der Waals surface area contributed by atoms with Gasteiger partial charge in [0.05, 0.1) is 22.7 Å². The Morgan fingerprint density at radius 1 is 1.10 bits per heavy atom. The van der Waals surface area contributed by atoms with E-state index in [0.29, 0.717) is 21.1 Å². The van der Waals surface area contributed by atoms with Gasteiger partial charge in [0.15, 0.2) is 0 Å². The van der Waals surface area contributed by atoms with Crippen molar-refractivity contribution in [3.05, 3.63) is 73.4 Å². The molecule has 1 aromatic heterocycles. The summed E-state index contributed by atoms with van der Waals surface area (Å²) in [5.74, 6) is -0.764. The van der Waals surface area contributed by atoms with Gasteiger partial charge in [0, 0.05) is 4.47 Å². The van der Waals surface area contributed by atoms with Gasteiger partial charge in [-0.1, -0.05) is 15.9 Å². The first-order valence-corrected chi connectivity index (χ1v) is 6.75. The minimum absolute atomic E-state index is 0.234. The third-order valence-electron chi connectivity index (χ3n) is 3.01. The Hall–Kier alpha value is -2.65. The summed E-state index contributed by atoms with van der Waals surface area (Å²) in [6.07, 6.45) is 0. The van der Waals surface area contributed by atoms with Crippen LogP contribution >= 0.6 is 15.9 Å². The van der Waals surface area contributed by atoms with E-state index in [1.165, 1.54) is 24.3 Å². The monoisotopic (exact) mass is 342 g/mol. The van der Waals surface area contributed by atoms with E-state index < -0.39 is 11.3 Å². The van der Waals surface area contributed by atoms with E-state index in [4.69, 9.17) is 9.68 Å². The van der Waals surface area contributed by atoms with Gasteiger partial charge in [-0.25, -0.2) is 9.36 Å². The molecule has 0 spiro atoms. The lowest BCUT2D eigenvalue weighted by atomic mass is 10.2. The van der Waals surface area contributed by atoms with Crippen LogP contribution < -0.4 is 11.3 Å². The van der Waals surface area contributed by atoms with Gasteiger partial charge in [-0.2, -0.15) is 5.26 Å². The van der Waals surface area contributed by atoms with Crippen LogP contribution in [0.2, 0.25) is 0 Å². The van der Waals surface area contributed by atoms with Gasteiger partial charge in [0.1, 0.15) is 5.58 Å². The summed E-state index contributed by atoms with van der Waals surface area (Å²) < 4.78 is 6.82. The van der Waals surface area contributed by atoms with Crippen LogP contribution in [-0.4, -0.2) is 4.57 Å². The Labute approximate surface area is 126 Å². The zero-order chi connectivity index (χ0) is 15.0. The number of aromatic nitrogens is 1. The molecule has 5 nitrogen and oxygen atoms in total. The summed E-state index contributed by atoms with van der Waals surface area (Å²) in [5, 5.41) is 9.08. The summed E-state index contributed by atoms with van der Waals surface area (Å²) in [6, 6.07) is 13.0. The molecule has 6 heteroatoms. The highest BCUT2D eigenvalue weighted by Gasteiger charge is 2.11. The lowest BCUT2D eigenvalue weighted by molar-refractivity contribution is 0.504. The molecule has 0 saturated carbocycles. The van der Waals surface area contributed by atoms with Crippen LogP contribution in [0, 0.1) is 11.3 Å². The Morgan fingerprint density at radius 3 is 2.48 bits per heavy atom. The quantitative estimate of drug-likeness (QED) is 0.681. The molecule has 0 unspecified atom stereocenters. The molecule has 0 aliphatic heterocycles. The lowest BCUT2D eigenvalue weighted by Gasteiger charge is -2.05. The standard InChI is InChI=1S/C15H7BrN2O3/c16-10-3-6-13-12(7-10)14(19)18(15(20)21-13)11-4-1-9(8-17)2-5-11/h1-7H.